The zero-order valence-electron chi connectivity index (χ0n) is 10.7. The molecule has 0 atom stereocenters. The predicted molar refractivity (Wildman–Crippen MR) is 70.7 cm³/mol. The minimum atomic E-state index is -3.81. The van der Waals surface area contributed by atoms with Gasteiger partial charge in [0.15, 0.2) is 0 Å². The van der Waals surface area contributed by atoms with Crippen molar-refractivity contribution in [2.75, 3.05) is 6.54 Å². The van der Waals surface area contributed by atoms with Crippen molar-refractivity contribution < 1.29 is 12.8 Å². The Morgan fingerprint density at radius 2 is 2.00 bits per heavy atom. The second kappa shape index (κ2) is 5.99. The molecule has 0 aliphatic carbocycles. The molecule has 0 aliphatic rings. The summed E-state index contributed by atoms with van der Waals surface area (Å²) in [7, 11) is -3.81. The standard InChI is InChI=1S/C12H17ClFNO2S/c1-4-15(9(2)3)18(16,17)12-7-10(8-13)5-6-11(12)14/h5-7,9H,4,8H2,1-3H3. The van der Waals surface area contributed by atoms with E-state index in [9.17, 15) is 12.8 Å². The Balaban J connectivity index is 3.35. The number of sulfonamides is 1. The summed E-state index contributed by atoms with van der Waals surface area (Å²) in [6.07, 6.45) is 0. The molecule has 102 valence electrons. The van der Waals surface area contributed by atoms with Gasteiger partial charge in [0.2, 0.25) is 10.0 Å². The van der Waals surface area contributed by atoms with Crippen LogP contribution in [-0.4, -0.2) is 25.3 Å². The number of rotatable bonds is 5. The Labute approximate surface area is 113 Å². The average Bonchev–Trinajstić information content (AvgIpc) is 2.29. The quantitative estimate of drug-likeness (QED) is 0.783. The van der Waals surface area contributed by atoms with Gasteiger partial charge >= 0.3 is 0 Å². The molecule has 0 unspecified atom stereocenters. The molecule has 0 fully saturated rings. The van der Waals surface area contributed by atoms with Crippen molar-refractivity contribution in [3.05, 3.63) is 29.6 Å². The fourth-order valence-corrected chi connectivity index (χ4v) is 3.70. The van der Waals surface area contributed by atoms with Crippen LogP contribution < -0.4 is 0 Å². The Morgan fingerprint density at radius 3 is 2.44 bits per heavy atom. The maximum atomic E-state index is 13.7. The van der Waals surface area contributed by atoms with Crippen molar-refractivity contribution in [2.24, 2.45) is 0 Å². The molecule has 18 heavy (non-hydrogen) atoms. The topological polar surface area (TPSA) is 37.4 Å². The van der Waals surface area contributed by atoms with Crippen LogP contribution in [0.2, 0.25) is 0 Å². The van der Waals surface area contributed by atoms with Crippen LogP contribution in [0.1, 0.15) is 26.3 Å². The fraction of sp³-hybridized carbons (Fsp3) is 0.500. The summed E-state index contributed by atoms with van der Waals surface area (Å²) < 4.78 is 39.6. The number of hydrogen-bond donors (Lipinski definition) is 0. The number of benzene rings is 1. The zero-order valence-corrected chi connectivity index (χ0v) is 12.2. The van der Waals surface area contributed by atoms with Crippen LogP contribution in [0.3, 0.4) is 0 Å². The SMILES string of the molecule is CCN(C(C)C)S(=O)(=O)c1cc(CCl)ccc1F. The van der Waals surface area contributed by atoms with Gasteiger partial charge in [0.25, 0.3) is 0 Å². The number of alkyl halides is 1. The average molecular weight is 294 g/mol. The van der Waals surface area contributed by atoms with Crippen LogP contribution >= 0.6 is 11.6 Å². The van der Waals surface area contributed by atoms with Gasteiger partial charge in [0.05, 0.1) is 0 Å². The maximum Gasteiger partial charge on any atom is 0.246 e. The molecular weight excluding hydrogens is 277 g/mol. The van der Waals surface area contributed by atoms with Crippen molar-refractivity contribution in [3.8, 4) is 0 Å². The van der Waals surface area contributed by atoms with Crippen LogP contribution in [0, 0.1) is 5.82 Å². The van der Waals surface area contributed by atoms with Crippen molar-refractivity contribution in [3.63, 3.8) is 0 Å². The van der Waals surface area contributed by atoms with Gasteiger partial charge in [-0.25, -0.2) is 12.8 Å². The van der Waals surface area contributed by atoms with Gasteiger partial charge in [-0.05, 0) is 31.5 Å². The molecular formula is C12H17ClFNO2S. The minimum Gasteiger partial charge on any atom is -0.207 e. The largest absolute Gasteiger partial charge is 0.246 e. The van der Waals surface area contributed by atoms with Crippen LogP contribution in [0.5, 0.6) is 0 Å². The van der Waals surface area contributed by atoms with E-state index in [-0.39, 0.29) is 16.8 Å². The highest BCUT2D eigenvalue weighted by molar-refractivity contribution is 7.89. The molecule has 0 aromatic heterocycles. The molecule has 0 saturated heterocycles. The van der Waals surface area contributed by atoms with Gasteiger partial charge in [0, 0.05) is 18.5 Å². The molecule has 0 heterocycles. The lowest BCUT2D eigenvalue weighted by molar-refractivity contribution is 0.367. The summed E-state index contributed by atoms with van der Waals surface area (Å²) >= 11 is 5.65. The third kappa shape index (κ3) is 3.02. The van der Waals surface area contributed by atoms with E-state index >= 15 is 0 Å². The molecule has 0 spiro atoms. The Hall–Kier alpha value is -0.650. The van der Waals surface area contributed by atoms with Gasteiger partial charge in [0.1, 0.15) is 10.7 Å². The van der Waals surface area contributed by atoms with E-state index in [1.165, 1.54) is 16.4 Å². The first-order chi connectivity index (χ1) is 8.34. The smallest absolute Gasteiger partial charge is 0.207 e. The normalized spacial score (nSPS) is 12.4. The van der Waals surface area contributed by atoms with E-state index in [2.05, 4.69) is 0 Å². The summed E-state index contributed by atoms with van der Waals surface area (Å²) in [4.78, 5) is -0.309. The van der Waals surface area contributed by atoms with E-state index < -0.39 is 15.8 Å². The fourth-order valence-electron chi connectivity index (χ4n) is 1.77. The molecule has 0 bridgehead atoms. The van der Waals surface area contributed by atoms with E-state index in [1.54, 1.807) is 20.8 Å². The van der Waals surface area contributed by atoms with Crippen LogP contribution in [0.25, 0.3) is 0 Å². The van der Waals surface area contributed by atoms with Crippen molar-refractivity contribution >= 4 is 21.6 Å². The molecule has 1 aromatic rings. The zero-order chi connectivity index (χ0) is 13.9. The molecule has 0 radical (unpaired) electrons. The minimum absolute atomic E-state index is 0.149. The maximum absolute atomic E-state index is 13.7. The first-order valence-electron chi connectivity index (χ1n) is 5.70. The van der Waals surface area contributed by atoms with Crippen LogP contribution in [-0.2, 0) is 15.9 Å². The lowest BCUT2D eigenvalue weighted by Crippen LogP contribution is -2.37. The van der Waals surface area contributed by atoms with Gasteiger partial charge in [-0.3, -0.25) is 0 Å². The Kier molecular flexibility index (Phi) is 5.13. The van der Waals surface area contributed by atoms with Crippen molar-refractivity contribution in [2.45, 2.75) is 37.6 Å². The van der Waals surface area contributed by atoms with E-state index in [0.29, 0.717) is 12.1 Å². The van der Waals surface area contributed by atoms with E-state index in [4.69, 9.17) is 11.6 Å². The molecule has 3 nitrogen and oxygen atoms in total. The molecule has 0 aliphatic heterocycles. The Bertz CT molecular complexity index is 517. The predicted octanol–water partition coefficient (Wildman–Crippen LogP) is 2.98. The van der Waals surface area contributed by atoms with Gasteiger partial charge < -0.3 is 0 Å². The number of hydrogen-bond acceptors (Lipinski definition) is 2. The molecule has 6 heteroatoms. The second-order valence-electron chi connectivity index (χ2n) is 4.20. The van der Waals surface area contributed by atoms with Crippen LogP contribution in [0.4, 0.5) is 4.39 Å². The molecule has 1 rings (SSSR count). The summed E-state index contributed by atoms with van der Waals surface area (Å²) in [6.45, 7) is 5.53. The number of halogens is 2. The lowest BCUT2D eigenvalue weighted by Gasteiger charge is -2.24. The van der Waals surface area contributed by atoms with Crippen molar-refractivity contribution in [1.29, 1.82) is 0 Å². The van der Waals surface area contributed by atoms with E-state index in [1.807, 2.05) is 0 Å². The third-order valence-corrected chi connectivity index (χ3v) is 5.10. The second-order valence-corrected chi connectivity index (χ2v) is 6.33. The molecule has 0 saturated carbocycles. The van der Waals surface area contributed by atoms with Gasteiger partial charge in [-0.2, -0.15) is 4.31 Å². The third-order valence-electron chi connectivity index (χ3n) is 2.62. The number of nitrogens with zero attached hydrogens (tertiary/aromatic N) is 1. The van der Waals surface area contributed by atoms with Gasteiger partial charge in [-0.15, -0.1) is 11.6 Å². The first kappa shape index (κ1) is 15.4. The summed E-state index contributed by atoms with van der Waals surface area (Å²) in [6, 6.07) is 3.69. The summed E-state index contributed by atoms with van der Waals surface area (Å²) in [5.41, 5.74) is 0.580. The Morgan fingerprint density at radius 1 is 1.39 bits per heavy atom. The highest BCUT2D eigenvalue weighted by atomic mass is 35.5. The summed E-state index contributed by atoms with van der Waals surface area (Å²) in [5, 5.41) is 0. The highest BCUT2D eigenvalue weighted by Gasteiger charge is 2.28. The van der Waals surface area contributed by atoms with E-state index in [0.717, 1.165) is 6.07 Å². The van der Waals surface area contributed by atoms with Crippen LogP contribution in [0.15, 0.2) is 23.1 Å². The summed E-state index contributed by atoms with van der Waals surface area (Å²) in [5.74, 6) is -0.598. The lowest BCUT2D eigenvalue weighted by atomic mass is 10.2. The monoisotopic (exact) mass is 293 g/mol. The van der Waals surface area contributed by atoms with Gasteiger partial charge in [-0.1, -0.05) is 13.0 Å². The highest BCUT2D eigenvalue weighted by Crippen LogP contribution is 2.23. The first-order valence-corrected chi connectivity index (χ1v) is 7.68. The molecule has 0 amide bonds. The van der Waals surface area contributed by atoms with Crippen molar-refractivity contribution in [1.82, 2.24) is 4.31 Å². The molecule has 1 aromatic carbocycles. The molecule has 0 N–H and O–H groups in total.